The Morgan fingerprint density at radius 3 is 1.37 bits per heavy atom. The predicted molar refractivity (Wildman–Crippen MR) is 94.1 cm³/mol. The minimum atomic E-state index is -3.82. The van der Waals surface area contributed by atoms with E-state index in [-0.39, 0.29) is 58.9 Å². The second kappa shape index (κ2) is 7.00. The van der Waals surface area contributed by atoms with Gasteiger partial charge in [-0.25, -0.2) is 16.8 Å². The molecule has 2 aromatic heterocycles. The summed E-state index contributed by atoms with van der Waals surface area (Å²) in [7, 11) is -7.64. The first-order chi connectivity index (χ1) is 12.6. The molecule has 0 amide bonds. The Morgan fingerprint density at radius 1 is 0.704 bits per heavy atom. The van der Waals surface area contributed by atoms with Crippen molar-refractivity contribution < 1.29 is 25.9 Å². The van der Waals surface area contributed by atoms with Crippen molar-refractivity contribution in [2.45, 2.75) is 43.9 Å². The SMILES string of the molecule is Cc1noc(C)c1S(=O)(=O)N1CCCN(S(=O)(=O)c2c(C)noc2C)CC1. The van der Waals surface area contributed by atoms with Crippen LogP contribution in [0.25, 0.3) is 0 Å². The summed E-state index contributed by atoms with van der Waals surface area (Å²) in [6.45, 7) is 6.70. The molecule has 150 valence electrons. The van der Waals surface area contributed by atoms with E-state index >= 15 is 0 Å². The van der Waals surface area contributed by atoms with Gasteiger partial charge in [-0.1, -0.05) is 10.3 Å². The molecule has 0 saturated carbocycles. The quantitative estimate of drug-likeness (QED) is 0.719. The van der Waals surface area contributed by atoms with Crippen LogP contribution in [0.2, 0.25) is 0 Å². The van der Waals surface area contributed by atoms with Gasteiger partial charge in [0, 0.05) is 26.2 Å². The Bertz CT molecular complexity index is 931. The lowest BCUT2D eigenvalue weighted by molar-refractivity contribution is 0.385. The second-order valence-corrected chi connectivity index (χ2v) is 10.2. The van der Waals surface area contributed by atoms with Gasteiger partial charge in [0.05, 0.1) is 0 Å². The van der Waals surface area contributed by atoms with Gasteiger partial charge in [0.2, 0.25) is 20.0 Å². The molecule has 0 unspecified atom stereocenters. The lowest BCUT2D eigenvalue weighted by Crippen LogP contribution is -2.37. The van der Waals surface area contributed by atoms with Crippen molar-refractivity contribution in [3.63, 3.8) is 0 Å². The summed E-state index contributed by atoms with van der Waals surface area (Å²) < 4.78 is 64.4. The third-order valence-electron chi connectivity index (χ3n) is 4.55. The minimum Gasteiger partial charge on any atom is -0.360 e. The van der Waals surface area contributed by atoms with Crippen LogP contribution in [-0.4, -0.2) is 61.9 Å². The van der Waals surface area contributed by atoms with Gasteiger partial charge in [-0.15, -0.1) is 0 Å². The highest BCUT2D eigenvalue weighted by molar-refractivity contribution is 7.89. The van der Waals surface area contributed by atoms with Gasteiger partial charge in [0.25, 0.3) is 0 Å². The average Bonchev–Trinajstić information content (AvgIpc) is 2.98. The van der Waals surface area contributed by atoms with Gasteiger partial charge < -0.3 is 9.05 Å². The molecular formula is C15H22N4O6S2. The minimum absolute atomic E-state index is 0.0367. The number of aryl methyl sites for hydroxylation is 4. The molecule has 1 fully saturated rings. The standard InChI is InChI=1S/C15H22N4O6S2/c1-10-14(12(3)24-16-10)26(20,21)18-6-5-7-19(9-8-18)27(22,23)15-11(2)17-25-13(15)4/h5-9H2,1-4H3. The smallest absolute Gasteiger partial charge is 0.248 e. The fourth-order valence-corrected chi connectivity index (χ4v) is 6.82. The van der Waals surface area contributed by atoms with Gasteiger partial charge in [-0.3, -0.25) is 0 Å². The highest BCUT2D eigenvalue weighted by atomic mass is 32.2. The van der Waals surface area contributed by atoms with Crippen molar-refractivity contribution in [3.05, 3.63) is 22.9 Å². The molecule has 0 aliphatic carbocycles. The summed E-state index contributed by atoms with van der Waals surface area (Å²) in [6, 6.07) is 0. The lowest BCUT2D eigenvalue weighted by Gasteiger charge is -2.21. The summed E-state index contributed by atoms with van der Waals surface area (Å²) in [5, 5.41) is 7.41. The van der Waals surface area contributed by atoms with Crippen LogP contribution in [0.5, 0.6) is 0 Å². The summed E-state index contributed by atoms with van der Waals surface area (Å²) in [5.41, 5.74) is 0.578. The highest BCUT2D eigenvalue weighted by Crippen LogP contribution is 2.27. The first-order valence-electron chi connectivity index (χ1n) is 8.43. The molecule has 0 atom stereocenters. The zero-order valence-electron chi connectivity index (χ0n) is 15.6. The van der Waals surface area contributed by atoms with Gasteiger partial charge in [0.1, 0.15) is 21.2 Å². The Balaban J connectivity index is 1.86. The molecule has 0 bridgehead atoms. The van der Waals surface area contributed by atoms with E-state index in [1.165, 1.54) is 8.61 Å². The summed E-state index contributed by atoms with van der Waals surface area (Å²) >= 11 is 0. The summed E-state index contributed by atoms with van der Waals surface area (Å²) in [5.74, 6) is 0.439. The maximum absolute atomic E-state index is 13.0. The van der Waals surface area contributed by atoms with E-state index in [0.29, 0.717) is 6.42 Å². The van der Waals surface area contributed by atoms with Gasteiger partial charge in [0.15, 0.2) is 11.5 Å². The lowest BCUT2D eigenvalue weighted by atomic mass is 10.4. The molecular weight excluding hydrogens is 396 g/mol. The Hall–Kier alpha value is -1.76. The molecule has 0 radical (unpaired) electrons. The van der Waals surface area contributed by atoms with Crippen molar-refractivity contribution in [1.29, 1.82) is 0 Å². The number of hydrogen-bond acceptors (Lipinski definition) is 8. The molecule has 2 aromatic rings. The van der Waals surface area contributed by atoms with Crippen LogP contribution in [0.3, 0.4) is 0 Å². The van der Waals surface area contributed by atoms with E-state index in [2.05, 4.69) is 10.3 Å². The second-order valence-electron chi connectivity index (χ2n) is 6.47. The van der Waals surface area contributed by atoms with Crippen LogP contribution < -0.4 is 0 Å². The van der Waals surface area contributed by atoms with E-state index in [1.807, 2.05) is 0 Å². The van der Waals surface area contributed by atoms with E-state index in [9.17, 15) is 16.8 Å². The van der Waals surface area contributed by atoms with E-state index in [0.717, 1.165) is 0 Å². The van der Waals surface area contributed by atoms with E-state index < -0.39 is 20.0 Å². The van der Waals surface area contributed by atoms with Crippen molar-refractivity contribution >= 4 is 20.0 Å². The fraction of sp³-hybridized carbons (Fsp3) is 0.600. The van der Waals surface area contributed by atoms with Crippen molar-refractivity contribution in [3.8, 4) is 0 Å². The van der Waals surface area contributed by atoms with Crippen molar-refractivity contribution in [2.24, 2.45) is 0 Å². The monoisotopic (exact) mass is 418 g/mol. The molecule has 27 heavy (non-hydrogen) atoms. The fourth-order valence-electron chi connectivity index (χ4n) is 3.29. The van der Waals surface area contributed by atoms with Crippen LogP contribution in [-0.2, 0) is 20.0 Å². The number of hydrogen-bond donors (Lipinski definition) is 0. The number of aromatic nitrogens is 2. The van der Waals surface area contributed by atoms with Crippen LogP contribution in [0.1, 0.15) is 29.3 Å². The maximum atomic E-state index is 13.0. The van der Waals surface area contributed by atoms with Crippen molar-refractivity contribution in [1.82, 2.24) is 18.9 Å². The third kappa shape index (κ3) is 3.42. The molecule has 3 rings (SSSR count). The normalized spacial score (nSPS) is 17.9. The van der Waals surface area contributed by atoms with Crippen LogP contribution in [0.15, 0.2) is 18.8 Å². The number of rotatable bonds is 4. The van der Waals surface area contributed by atoms with Gasteiger partial charge in [-0.2, -0.15) is 8.61 Å². The molecule has 10 nitrogen and oxygen atoms in total. The third-order valence-corrected chi connectivity index (χ3v) is 8.83. The molecule has 1 aliphatic rings. The molecule has 1 saturated heterocycles. The molecule has 3 heterocycles. The first kappa shape index (κ1) is 20.0. The largest absolute Gasteiger partial charge is 0.360 e. The Labute approximate surface area is 158 Å². The molecule has 0 spiro atoms. The van der Waals surface area contributed by atoms with Crippen LogP contribution in [0, 0.1) is 27.7 Å². The van der Waals surface area contributed by atoms with Crippen LogP contribution in [0.4, 0.5) is 0 Å². The number of nitrogens with zero attached hydrogens (tertiary/aromatic N) is 4. The highest BCUT2D eigenvalue weighted by Gasteiger charge is 2.36. The number of sulfonamides is 2. The maximum Gasteiger partial charge on any atom is 0.248 e. The molecule has 1 aliphatic heterocycles. The molecule has 0 aromatic carbocycles. The first-order valence-corrected chi connectivity index (χ1v) is 11.3. The molecule has 12 heteroatoms. The summed E-state index contributed by atoms with van der Waals surface area (Å²) in [4.78, 5) is 0.0917. The molecule has 0 N–H and O–H groups in total. The van der Waals surface area contributed by atoms with Gasteiger partial charge in [-0.05, 0) is 34.1 Å². The predicted octanol–water partition coefficient (Wildman–Crippen LogP) is 0.982. The van der Waals surface area contributed by atoms with E-state index in [4.69, 9.17) is 9.05 Å². The van der Waals surface area contributed by atoms with Gasteiger partial charge >= 0.3 is 0 Å². The average molecular weight is 418 g/mol. The zero-order chi connectivity index (χ0) is 20.0. The summed E-state index contributed by atoms with van der Waals surface area (Å²) in [6.07, 6.45) is 0.366. The van der Waals surface area contributed by atoms with Crippen molar-refractivity contribution in [2.75, 3.05) is 26.2 Å². The van der Waals surface area contributed by atoms with E-state index in [1.54, 1.807) is 27.7 Å². The topological polar surface area (TPSA) is 127 Å². The zero-order valence-corrected chi connectivity index (χ0v) is 17.2. The Kier molecular flexibility index (Phi) is 5.18. The Morgan fingerprint density at radius 2 is 1.07 bits per heavy atom. The van der Waals surface area contributed by atoms with Crippen LogP contribution >= 0.6 is 0 Å².